The van der Waals surface area contributed by atoms with Crippen molar-refractivity contribution < 1.29 is 18.8 Å². The molecular formula is C30H28ClN2O4P. The van der Waals surface area contributed by atoms with Gasteiger partial charge in [-0.05, 0) is 85.5 Å². The lowest BCUT2D eigenvalue weighted by atomic mass is 10.1. The van der Waals surface area contributed by atoms with Crippen molar-refractivity contribution in [2.45, 2.75) is 27.3 Å². The molecule has 194 valence electrons. The van der Waals surface area contributed by atoms with Crippen LogP contribution in [0.25, 0.3) is 17.0 Å². The number of allylic oxidation sites excluding steroid dienone is 1. The summed E-state index contributed by atoms with van der Waals surface area (Å²) in [5, 5.41) is 11.2. The Morgan fingerprint density at radius 1 is 1.13 bits per heavy atom. The maximum absolute atomic E-state index is 14.5. The molecule has 0 bridgehead atoms. The Morgan fingerprint density at radius 2 is 1.87 bits per heavy atom. The van der Waals surface area contributed by atoms with E-state index in [1.807, 2.05) is 66.9 Å². The molecule has 4 rings (SSSR count). The molecule has 0 saturated carbocycles. The molecule has 0 N–H and O–H groups in total. The van der Waals surface area contributed by atoms with Gasteiger partial charge in [0.1, 0.15) is 19.2 Å². The number of aryl methyl sites for hydroxylation is 1. The van der Waals surface area contributed by atoms with Gasteiger partial charge in [-0.3, -0.25) is 0 Å². The van der Waals surface area contributed by atoms with Gasteiger partial charge in [-0.25, -0.2) is 4.79 Å². The predicted molar refractivity (Wildman–Crippen MR) is 154 cm³/mol. The molecule has 0 aliphatic heterocycles. The van der Waals surface area contributed by atoms with E-state index in [9.17, 15) is 9.36 Å². The second kappa shape index (κ2) is 11.7. The number of methoxy groups -OCH3 is 1. The first-order valence-electron chi connectivity index (χ1n) is 12.1. The summed E-state index contributed by atoms with van der Waals surface area (Å²) in [4.78, 5) is 13.5. The number of carbonyl (C=O) groups is 1. The van der Waals surface area contributed by atoms with Crippen LogP contribution in [-0.2, 0) is 15.8 Å². The molecule has 3 aromatic carbocycles. The van der Waals surface area contributed by atoms with Crippen LogP contribution in [0.2, 0.25) is 5.02 Å². The minimum absolute atomic E-state index is 0.177. The Morgan fingerprint density at radius 3 is 2.53 bits per heavy atom. The van der Waals surface area contributed by atoms with Crippen LogP contribution in [0.1, 0.15) is 39.7 Å². The quantitative estimate of drug-likeness (QED) is 0.149. The van der Waals surface area contributed by atoms with Gasteiger partial charge in [0, 0.05) is 33.9 Å². The van der Waals surface area contributed by atoms with Crippen LogP contribution in [0.15, 0.2) is 60.7 Å². The standard InChI is InChI=1S/C30H28ClN2O4P/c1-5-37-30(34)28-29(38(35)27-16-19(2)15-22(20(27)3)7-6-14-32)25-17-23(31)10-13-26(25)33(28)18-21-8-11-24(36-4)12-9-21/h6-13,15-17,38H,5,18H2,1-4H3. The number of ether oxygens (including phenoxy) is 2. The molecule has 0 amide bonds. The van der Waals surface area contributed by atoms with Gasteiger partial charge in [-0.15, -0.1) is 0 Å². The van der Waals surface area contributed by atoms with E-state index in [0.717, 1.165) is 33.5 Å². The summed E-state index contributed by atoms with van der Waals surface area (Å²) in [6.45, 7) is 6.07. The number of hydrogen-bond donors (Lipinski definition) is 0. The van der Waals surface area contributed by atoms with Gasteiger partial charge in [0.05, 0.1) is 25.1 Å². The number of halogens is 1. The third kappa shape index (κ3) is 5.41. The Balaban J connectivity index is 2.00. The topological polar surface area (TPSA) is 81.3 Å². The zero-order chi connectivity index (χ0) is 27.4. The van der Waals surface area contributed by atoms with Gasteiger partial charge < -0.3 is 18.6 Å². The Labute approximate surface area is 227 Å². The molecule has 38 heavy (non-hydrogen) atoms. The summed E-state index contributed by atoms with van der Waals surface area (Å²) in [7, 11) is -1.12. The van der Waals surface area contributed by atoms with Crippen LogP contribution in [0.5, 0.6) is 5.75 Å². The normalized spacial score (nSPS) is 12.0. The molecule has 0 fully saturated rings. The zero-order valence-electron chi connectivity index (χ0n) is 21.7. The largest absolute Gasteiger partial charge is 0.497 e. The van der Waals surface area contributed by atoms with Crippen molar-refractivity contribution in [3.05, 3.63) is 93.6 Å². The fraction of sp³-hybridized carbons (Fsp3) is 0.200. The van der Waals surface area contributed by atoms with Gasteiger partial charge in [0.15, 0.2) is 0 Å². The van der Waals surface area contributed by atoms with E-state index in [-0.39, 0.29) is 12.3 Å². The molecule has 1 atom stereocenters. The molecular weight excluding hydrogens is 519 g/mol. The summed E-state index contributed by atoms with van der Waals surface area (Å²) in [5.41, 5.74) is 4.41. The number of esters is 1. The maximum Gasteiger partial charge on any atom is 0.355 e. The Hall–Kier alpha value is -3.78. The number of hydrogen-bond acceptors (Lipinski definition) is 5. The van der Waals surface area contributed by atoms with Gasteiger partial charge in [0.2, 0.25) is 0 Å². The number of carbonyl (C=O) groups excluding carboxylic acids is 1. The molecule has 0 aliphatic rings. The van der Waals surface area contributed by atoms with Crippen LogP contribution >= 0.6 is 19.4 Å². The molecule has 0 saturated heterocycles. The first-order valence-corrected chi connectivity index (χ1v) is 13.9. The Kier molecular flexibility index (Phi) is 8.42. The van der Waals surface area contributed by atoms with Crippen molar-refractivity contribution in [2.75, 3.05) is 13.7 Å². The second-order valence-electron chi connectivity index (χ2n) is 8.86. The lowest BCUT2D eigenvalue weighted by Gasteiger charge is -2.14. The molecule has 0 aliphatic carbocycles. The lowest BCUT2D eigenvalue weighted by molar-refractivity contribution is 0.0516. The van der Waals surface area contributed by atoms with Crippen LogP contribution in [-0.4, -0.2) is 24.3 Å². The minimum Gasteiger partial charge on any atom is -0.497 e. The second-order valence-corrected chi connectivity index (χ2v) is 11.0. The maximum atomic E-state index is 14.5. The molecule has 0 radical (unpaired) electrons. The van der Waals surface area contributed by atoms with E-state index >= 15 is 0 Å². The van der Waals surface area contributed by atoms with Gasteiger partial charge in [0.25, 0.3) is 0 Å². The van der Waals surface area contributed by atoms with E-state index in [2.05, 4.69) is 0 Å². The first-order chi connectivity index (χ1) is 18.3. The van der Waals surface area contributed by atoms with Crippen molar-refractivity contribution in [2.24, 2.45) is 0 Å². The van der Waals surface area contributed by atoms with Crippen molar-refractivity contribution in [1.29, 1.82) is 5.26 Å². The van der Waals surface area contributed by atoms with Gasteiger partial charge in [-0.1, -0.05) is 29.8 Å². The molecule has 1 unspecified atom stereocenters. The fourth-order valence-electron chi connectivity index (χ4n) is 4.60. The number of nitrogens with zero attached hydrogens (tertiary/aromatic N) is 2. The average molecular weight is 547 g/mol. The highest BCUT2D eigenvalue weighted by atomic mass is 35.5. The van der Waals surface area contributed by atoms with E-state index in [1.165, 1.54) is 6.08 Å². The van der Waals surface area contributed by atoms with E-state index < -0.39 is 13.8 Å². The van der Waals surface area contributed by atoms with Gasteiger partial charge in [-0.2, -0.15) is 5.26 Å². The van der Waals surface area contributed by atoms with E-state index in [1.54, 1.807) is 32.2 Å². The highest BCUT2D eigenvalue weighted by Crippen LogP contribution is 2.34. The smallest absolute Gasteiger partial charge is 0.355 e. The monoisotopic (exact) mass is 546 g/mol. The molecule has 6 nitrogen and oxygen atoms in total. The molecule has 8 heteroatoms. The number of aromatic nitrogens is 1. The number of fused-ring (bicyclic) bond motifs is 1. The summed E-state index contributed by atoms with van der Waals surface area (Å²) >= 11 is 6.41. The Bertz CT molecular complexity index is 1610. The molecule has 1 aromatic heterocycles. The third-order valence-corrected chi connectivity index (χ3v) is 8.60. The van der Waals surface area contributed by atoms with Crippen LogP contribution < -0.4 is 15.3 Å². The predicted octanol–water partition coefficient (Wildman–Crippen LogP) is 6.19. The van der Waals surface area contributed by atoms with E-state index in [4.69, 9.17) is 26.3 Å². The first kappa shape index (κ1) is 27.3. The highest BCUT2D eigenvalue weighted by Gasteiger charge is 2.29. The van der Waals surface area contributed by atoms with Crippen LogP contribution in [0.3, 0.4) is 0 Å². The zero-order valence-corrected chi connectivity index (χ0v) is 23.4. The minimum atomic E-state index is -2.73. The highest BCUT2D eigenvalue weighted by molar-refractivity contribution is 7.62. The molecule has 1 heterocycles. The number of benzene rings is 3. The number of rotatable bonds is 8. The molecule has 4 aromatic rings. The summed E-state index contributed by atoms with van der Waals surface area (Å²) in [5.74, 6) is 0.182. The van der Waals surface area contributed by atoms with Crippen molar-refractivity contribution in [3.63, 3.8) is 0 Å². The molecule has 0 spiro atoms. The van der Waals surface area contributed by atoms with Crippen molar-refractivity contribution in [1.82, 2.24) is 4.57 Å². The van der Waals surface area contributed by atoms with Crippen LogP contribution in [0, 0.1) is 25.2 Å². The summed E-state index contributed by atoms with van der Waals surface area (Å²) in [6, 6.07) is 18.8. The SMILES string of the molecule is CCOC(=O)c1c([PH](=O)c2cc(C)cc(C=CC#N)c2C)c2cc(Cl)ccc2n1Cc1ccc(OC)cc1. The van der Waals surface area contributed by atoms with E-state index in [0.29, 0.717) is 27.6 Å². The van der Waals surface area contributed by atoms with Gasteiger partial charge >= 0.3 is 5.97 Å². The third-order valence-electron chi connectivity index (χ3n) is 6.40. The van der Waals surface area contributed by atoms with Crippen LogP contribution in [0.4, 0.5) is 0 Å². The van der Waals surface area contributed by atoms with Crippen molar-refractivity contribution >= 4 is 53.0 Å². The lowest BCUT2D eigenvalue weighted by Crippen LogP contribution is -2.22. The fourth-order valence-corrected chi connectivity index (χ4v) is 6.79. The summed E-state index contributed by atoms with van der Waals surface area (Å²) in [6.07, 6.45) is 3.10. The number of nitriles is 1. The van der Waals surface area contributed by atoms with Crippen molar-refractivity contribution in [3.8, 4) is 11.8 Å². The average Bonchev–Trinajstić information content (AvgIpc) is 3.22. The summed E-state index contributed by atoms with van der Waals surface area (Å²) < 4.78 is 27.1.